The number of fused-ring (bicyclic) bond motifs is 2. The second-order valence-corrected chi connectivity index (χ2v) is 10.8. The second-order valence-electron chi connectivity index (χ2n) is 10.8. The highest BCUT2D eigenvalue weighted by atomic mass is 16.3. The Hall–Kier alpha value is -5.06. The first-order valence-electron chi connectivity index (χ1n) is 14.3. The van der Waals surface area contributed by atoms with Gasteiger partial charge in [-0.1, -0.05) is 103 Å². The molecule has 1 aromatic heterocycles. The van der Waals surface area contributed by atoms with Gasteiger partial charge in [-0.3, -0.25) is 9.78 Å². The van der Waals surface area contributed by atoms with Crippen LogP contribution in [0.1, 0.15) is 22.3 Å². The fraction of sp³-hybridized carbons (Fsp3) is 0.105. The molecule has 2 unspecified atom stereocenters. The quantitative estimate of drug-likeness (QED) is 0.225. The van der Waals surface area contributed by atoms with Crippen LogP contribution in [0, 0.1) is 5.92 Å². The molecule has 7 rings (SSSR count). The Labute approximate surface area is 245 Å². The van der Waals surface area contributed by atoms with Gasteiger partial charge >= 0.3 is 0 Å². The molecule has 1 fully saturated rings. The minimum atomic E-state index is -0.890. The molecule has 4 heteroatoms. The number of carbonyl (C=O) groups excluding carboxylic acids is 1. The largest absolute Gasteiger partial charge is 0.387 e. The van der Waals surface area contributed by atoms with Gasteiger partial charge in [0.1, 0.15) is 0 Å². The van der Waals surface area contributed by atoms with Gasteiger partial charge in [-0.05, 0) is 58.5 Å². The number of aliphatic hydroxyl groups excluding tert-OH is 1. The maximum Gasteiger partial charge on any atom is 0.171 e. The Bertz CT molecular complexity index is 1870. The molecule has 204 valence electrons. The normalized spacial score (nSPS) is 20.0. The van der Waals surface area contributed by atoms with Crippen LogP contribution in [0.5, 0.6) is 0 Å². The number of aromatic nitrogens is 1. The average Bonchev–Trinajstić information content (AvgIpc) is 3.05. The SMILES string of the molecule is O=C1C(=C(Cc2ccccc2)c2ccnc3ccccc23)C(O)C1C=C1C=CN(Cc2ccccc2)c2ccccc21. The van der Waals surface area contributed by atoms with Crippen LogP contribution in [-0.2, 0) is 17.8 Å². The van der Waals surface area contributed by atoms with Crippen LogP contribution in [0.2, 0.25) is 0 Å². The van der Waals surface area contributed by atoms with Gasteiger partial charge in [0.05, 0.1) is 17.5 Å². The van der Waals surface area contributed by atoms with Crippen LogP contribution >= 0.6 is 0 Å². The highest BCUT2D eigenvalue weighted by Crippen LogP contribution is 2.42. The van der Waals surface area contributed by atoms with Crippen molar-refractivity contribution < 1.29 is 9.90 Å². The summed E-state index contributed by atoms with van der Waals surface area (Å²) < 4.78 is 0. The number of anilines is 1. The number of nitrogens with zero attached hydrogens (tertiary/aromatic N) is 2. The molecular formula is C38H30N2O2. The molecule has 0 radical (unpaired) electrons. The van der Waals surface area contributed by atoms with E-state index in [1.807, 2.05) is 78.9 Å². The van der Waals surface area contributed by atoms with E-state index in [9.17, 15) is 9.90 Å². The molecule has 2 heterocycles. The molecule has 0 spiro atoms. The van der Waals surface area contributed by atoms with Crippen LogP contribution in [-0.4, -0.2) is 22.0 Å². The summed E-state index contributed by atoms with van der Waals surface area (Å²) in [5.74, 6) is -0.633. The van der Waals surface area contributed by atoms with E-state index in [-0.39, 0.29) is 5.78 Å². The van der Waals surface area contributed by atoms with Crippen LogP contribution < -0.4 is 4.90 Å². The minimum absolute atomic E-state index is 0.0283. The molecule has 1 N–H and O–H groups in total. The third-order valence-electron chi connectivity index (χ3n) is 8.24. The minimum Gasteiger partial charge on any atom is -0.387 e. The summed E-state index contributed by atoms with van der Waals surface area (Å²) in [7, 11) is 0. The summed E-state index contributed by atoms with van der Waals surface area (Å²) in [6.07, 6.45) is 7.50. The lowest BCUT2D eigenvalue weighted by atomic mass is 9.70. The third-order valence-corrected chi connectivity index (χ3v) is 8.24. The number of pyridine rings is 1. The van der Waals surface area contributed by atoms with E-state index in [1.165, 1.54) is 5.56 Å². The highest BCUT2D eigenvalue weighted by Gasteiger charge is 2.45. The number of hydrogen-bond donors (Lipinski definition) is 1. The molecule has 1 aliphatic heterocycles. The Morgan fingerprint density at radius 2 is 1.50 bits per heavy atom. The molecule has 4 aromatic carbocycles. The van der Waals surface area contributed by atoms with Gasteiger partial charge in [0.25, 0.3) is 0 Å². The number of para-hydroxylation sites is 2. The van der Waals surface area contributed by atoms with Gasteiger partial charge in [-0.25, -0.2) is 0 Å². The summed E-state index contributed by atoms with van der Waals surface area (Å²) in [4.78, 5) is 20.6. The van der Waals surface area contributed by atoms with E-state index in [4.69, 9.17) is 0 Å². The lowest BCUT2D eigenvalue weighted by Crippen LogP contribution is -2.45. The summed E-state index contributed by atoms with van der Waals surface area (Å²) in [6.45, 7) is 0.752. The molecule has 0 amide bonds. The van der Waals surface area contributed by atoms with Crippen LogP contribution in [0.3, 0.4) is 0 Å². The van der Waals surface area contributed by atoms with E-state index in [1.54, 1.807) is 6.20 Å². The molecule has 0 saturated heterocycles. The Morgan fingerprint density at radius 3 is 2.29 bits per heavy atom. The Balaban J connectivity index is 1.25. The van der Waals surface area contributed by atoms with Crippen LogP contribution in [0.4, 0.5) is 5.69 Å². The topological polar surface area (TPSA) is 53.4 Å². The van der Waals surface area contributed by atoms with Crippen molar-refractivity contribution in [3.63, 3.8) is 0 Å². The maximum atomic E-state index is 13.9. The first-order chi connectivity index (χ1) is 20.7. The number of hydrogen-bond acceptors (Lipinski definition) is 4. The third kappa shape index (κ3) is 4.76. The molecular weight excluding hydrogens is 516 g/mol. The van der Waals surface area contributed by atoms with Crippen molar-refractivity contribution in [3.8, 4) is 0 Å². The van der Waals surface area contributed by atoms with Crippen LogP contribution in [0.25, 0.3) is 22.0 Å². The van der Waals surface area contributed by atoms with Crippen molar-refractivity contribution in [2.45, 2.75) is 19.1 Å². The fourth-order valence-electron chi connectivity index (χ4n) is 6.11. The van der Waals surface area contributed by atoms with E-state index in [0.717, 1.165) is 51.0 Å². The average molecular weight is 547 g/mol. The zero-order chi connectivity index (χ0) is 28.5. The number of Topliss-reactive ketones (excluding diaryl/α,β-unsaturated/α-hetero) is 1. The predicted molar refractivity (Wildman–Crippen MR) is 169 cm³/mol. The predicted octanol–water partition coefficient (Wildman–Crippen LogP) is 7.41. The lowest BCUT2D eigenvalue weighted by Gasteiger charge is -2.36. The molecule has 42 heavy (non-hydrogen) atoms. The van der Waals surface area contributed by atoms with Crippen molar-refractivity contribution in [1.82, 2.24) is 4.98 Å². The van der Waals surface area contributed by atoms with Crippen molar-refractivity contribution in [3.05, 3.63) is 168 Å². The zero-order valence-electron chi connectivity index (χ0n) is 23.1. The van der Waals surface area contributed by atoms with E-state index in [2.05, 4.69) is 64.6 Å². The number of benzene rings is 4. The maximum absolute atomic E-state index is 13.9. The molecule has 2 atom stereocenters. The van der Waals surface area contributed by atoms with Gasteiger partial charge in [0, 0.05) is 41.2 Å². The zero-order valence-corrected chi connectivity index (χ0v) is 23.1. The van der Waals surface area contributed by atoms with Gasteiger partial charge in [-0.2, -0.15) is 0 Å². The monoisotopic (exact) mass is 546 g/mol. The van der Waals surface area contributed by atoms with Gasteiger partial charge in [-0.15, -0.1) is 0 Å². The standard InChI is InChI=1S/C38H30N2O2/c41-37-33(24-28-20-22-40(25-27-13-5-2-6-14-27)35-18-10-8-15-29(28)35)38(42)36(37)32(23-26-11-3-1-4-12-26)30-19-21-39-34-17-9-7-16-31(30)34/h1-22,24,33,37,41H,23,25H2. The van der Waals surface area contributed by atoms with Gasteiger partial charge in [0.2, 0.25) is 0 Å². The molecule has 5 aromatic rings. The first-order valence-corrected chi connectivity index (χ1v) is 14.3. The van der Waals surface area contributed by atoms with E-state index >= 15 is 0 Å². The molecule has 1 aliphatic carbocycles. The second kappa shape index (κ2) is 11.1. The summed E-state index contributed by atoms with van der Waals surface area (Å²) in [5.41, 5.74) is 8.56. The van der Waals surface area contributed by atoms with Crippen molar-refractivity contribution >= 4 is 33.5 Å². The van der Waals surface area contributed by atoms with Crippen molar-refractivity contribution in [1.29, 1.82) is 0 Å². The Morgan fingerprint density at radius 1 is 0.810 bits per heavy atom. The summed E-state index contributed by atoms with van der Waals surface area (Å²) >= 11 is 0. The van der Waals surface area contributed by atoms with Crippen LogP contribution in [0.15, 0.2) is 145 Å². The number of allylic oxidation sites excluding steroid dienone is 3. The van der Waals surface area contributed by atoms with Crippen molar-refractivity contribution in [2.75, 3.05) is 4.90 Å². The highest BCUT2D eigenvalue weighted by molar-refractivity contribution is 6.15. The van der Waals surface area contributed by atoms with E-state index in [0.29, 0.717) is 12.0 Å². The lowest BCUT2D eigenvalue weighted by molar-refractivity contribution is -0.127. The number of aliphatic hydroxyl groups is 1. The molecule has 4 nitrogen and oxygen atoms in total. The number of ketones is 1. The first kappa shape index (κ1) is 25.9. The number of rotatable bonds is 6. The van der Waals surface area contributed by atoms with Gasteiger partial charge in [0.15, 0.2) is 5.78 Å². The summed E-state index contributed by atoms with van der Waals surface area (Å²) in [6, 6.07) is 38.6. The smallest absolute Gasteiger partial charge is 0.171 e. The molecule has 2 aliphatic rings. The van der Waals surface area contributed by atoms with E-state index < -0.39 is 12.0 Å². The molecule has 1 saturated carbocycles. The Kier molecular flexibility index (Phi) is 6.82. The number of carbonyl (C=O) groups is 1. The van der Waals surface area contributed by atoms with Gasteiger partial charge < -0.3 is 10.0 Å². The molecule has 0 bridgehead atoms. The fourth-order valence-corrected chi connectivity index (χ4v) is 6.11. The van der Waals surface area contributed by atoms with Crippen molar-refractivity contribution in [2.24, 2.45) is 5.92 Å². The summed E-state index contributed by atoms with van der Waals surface area (Å²) in [5, 5.41) is 12.5.